The Hall–Kier alpha value is -0.920. The number of hydrogen-bond acceptors (Lipinski definition) is 3. The lowest BCUT2D eigenvalue weighted by Gasteiger charge is -2.10. The Morgan fingerprint density at radius 1 is 1.19 bits per heavy atom. The number of aryl methyl sites for hydroxylation is 1. The lowest BCUT2D eigenvalue weighted by molar-refractivity contribution is 0.272. The number of anilines is 1. The molecule has 0 unspecified atom stereocenters. The number of aliphatic hydroxyl groups is 1. The smallest absolute Gasteiger partial charge is 0.263 e. The molecule has 1 aromatic carbocycles. The van der Waals surface area contributed by atoms with Crippen LogP contribution in [0, 0.1) is 0 Å². The highest BCUT2D eigenvalue weighted by Crippen LogP contribution is 2.35. The van der Waals surface area contributed by atoms with Gasteiger partial charge in [-0.05, 0) is 18.2 Å². The fourth-order valence-electron chi connectivity index (χ4n) is 1.71. The highest BCUT2D eigenvalue weighted by molar-refractivity contribution is 7.92. The molecule has 5 nitrogen and oxygen atoms in total. The normalized spacial score (nSPS) is 11.7. The molecule has 0 saturated heterocycles. The average molecular weight is 370 g/mol. The van der Waals surface area contributed by atoms with Crippen LogP contribution in [-0.2, 0) is 23.7 Å². The zero-order valence-corrected chi connectivity index (χ0v) is 13.9. The number of nitrogens with one attached hydrogen (secondary N) is 1. The van der Waals surface area contributed by atoms with E-state index in [4.69, 9.17) is 39.9 Å². The van der Waals surface area contributed by atoms with Crippen LogP contribution in [0.15, 0.2) is 29.3 Å². The van der Waals surface area contributed by atoms with Crippen molar-refractivity contribution in [3.63, 3.8) is 0 Å². The number of aromatic nitrogens is 1. The van der Waals surface area contributed by atoms with E-state index < -0.39 is 10.0 Å². The van der Waals surface area contributed by atoms with Crippen molar-refractivity contribution < 1.29 is 13.5 Å². The second kappa shape index (κ2) is 6.06. The van der Waals surface area contributed by atoms with Gasteiger partial charge in [-0.2, -0.15) is 0 Å². The Morgan fingerprint density at radius 3 is 2.24 bits per heavy atom. The predicted octanol–water partition coefficient (Wildman–Crippen LogP) is 3.28. The number of rotatable bonds is 4. The molecule has 0 aliphatic carbocycles. The van der Waals surface area contributed by atoms with Gasteiger partial charge in [-0.3, -0.25) is 4.72 Å². The number of nitrogens with zero attached hydrogens (tertiary/aromatic N) is 1. The van der Waals surface area contributed by atoms with Crippen molar-refractivity contribution in [2.75, 3.05) is 4.72 Å². The van der Waals surface area contributed by atoms with Crippen LogP contribution in [0.3, 0.4) is 0 Å². The van der Waals surface area contributed by atoms with Gasteiger partial charge in [0.15, 0.2) is 0 Å². The fourth-order valence-corrected chi connectivity index (χ4v) is 3.93. The third-order valence-corrected chi connectivity index (χ3v) is 4.93. The minimum absolute atomic E-state index is 0.00358. The Labute approximate surface area is 137 Å². The second-order valence-electron chi connectivity index (χ2n) is 4.29. The fraction of sp³-hybridized carbons (Fsp3) is 0.167. The van der Waals surface area contributed by atoms with Crippen LogP contribution in [0.5, 0.6) is 0 Å². The van der Waals surface area contributed by atoms with Crippen LogP contribution in [0.4, 0.5) is 5.69 Å². The first-order valence-electron chi connectivity index (χ1n) is 5.68. The Kier molecular flexibility index (Phi) is 4.75. The Morgan fingerprint density at radius 2 is 1.76 bits per heavy atom. The summed E-state index contributed by atoms with van der Waals surface area (Å²) in [6, 6.07) is 4.13. The first kappa shape index (κ1) is 16.5. The molecule has 0 aliphatic heterocycles. The third kappa shape index (κ3) is 3.46. The summed E-state index contributed by atoms with van der Waals surface area (Å²) in [5.41, 5.74) is 0.515. The van der Waals surface area contributed by atoms with E-state index in [1.165, 1.54) is 29.0 Å². The van der Waals surface area contributed by atoms with Crippen LogP contribution in [0.1, 0.15) is 5.69 Å². The lowest BCUT2D eigenvalue weighted by atomic mass is 10.3. The van der Waals surface area contributed by atoms with Crippen LogP contribution in [0.25, 0.3) is 0 Å². The van der Waals surface area contributed by atoms with Crippen LogP contribution >= 0.6 is 34.8 Å². The van der Waals surface area contributed by atoms with E-state index in [1.54, 1.807) is 7.05 Å². The SMILES string of the molecule is Cn1cc(S(=O)(=O)Nc2c(Cl)cc(Cl)cc2Cl)cc1CO. The summed E-state index contributed by atoms with van der Waals surface area (Å²) >= 11 is 17.7. The zero-order chi connectivity index (χ0) is 15.8. The molecule has 0 aliphatic rings. The second-order valence-corrected chi connectivity index (χ2v) is 7.22. The maximum absolute atomic E-state index is 12.3. The molecule has 0 bridgehead atoms. The molecular formula is C12H11Cl3N2O3S. The quantitative estimate of drug-likeness (QED) is 0.869. The largest absolute Gasteiger partial charge is 0.390 e. The molecule has 1 heterocycles. The Bertz CT molecular complexity index is 764. The maximum atomic E-state index is 12.3. The van der Waals surface area contributed by atoms with Gasteiger partial charge in [-0.1, -0.05) is 34.8 Å². The number of benzene rings is 1. The molecule has 0 radical (unpaired) electrons. The monoisotopic (exact) mass is 368 g/mol. The van der Waals surface area contributed by atoms with Crippen molar-refractivity contribution in [2.45, 2.75) is 11.5 Å². The summed E-state index contributed by atoms with van der Waals surface area (Å²) < 4.78 is 28.5. The van der Waals surface area contributed by atoms with Gasteiger partial charge in [0.05, 0.1) is 22.3 Å². The van der Waals surface area contributed by atoms with Gasteiger partial charge < -0.3 is 9.67 Å². The summed E-state index contributed by atoms with van der Waals surface area (Å²) in [7, 11) is -2.25. The maximum Gasteiger partial charge on any atom is 0.263 e. The number of aliphatic hydroxyl groups excluding tert-OH is 1. The van der Waals surface area contributed by atoms with E-state index >= 15 is 0 Å². The summed E-state index contributed by atoms with van der Waals surface area (Å²) in [5, 5.41) is 9.60. The van der Waals surface area contributed by atoms with Gasteiger partial charge in [-0.25, -0.2) is 8.42 Å². The van der Waals surface area contributed by atoms with E-state index in [0.717, 1.165) is 0 Å². The van der Waals surface area contributed by atoms with Crippen molar-refractivity contribution in [2.24, 2.45) is 7.05 Å². The first-order chi connectivity index (χ1) is 9.74. The van der Waals surface area contributed by atoms with Crippen LogP contribution < -0.4 is 4.72 Å². The standard InChI is InChI=1S/C12H11Cl3N2O3S/c1-17-5-9(4-8(17)6-18)21(19,20)16-12-10(14)2-7(13)3-11(12)15/h2-5,16,18H,6H2,1H3. The number of hydrogen-bond donors (Lipinski definition) is 2. The van der Waals surface area contributed by atoms with Crippen molar-refractivity contribution in [1.29, 1.82) is 0 Å². The predicted molar refractivity (Wildman–Crippen MR) is 83.6 cm³/mol. The molecule has 0 fully saturated rings. The van der Waals surface area contributed by atoms with Crippen LogP contribution in [-0.4, -0.2) is 18.1 Å². The minimum atomic E-state index is -3.88. The topological polar surface area (TPSA) is 71.3 Å². The highest BCUT2D eigenvalue weighted by Gasteiger charge is 2.20. The molecule has 9 heteroatoms. The summed E-state index contributed by atoms with van der Waals surface area (Å²) in [5.74, 6) is 0. The van der Waals surface area contributed by atoms with Gasteiger partial charge >= 0.3 is 0 Å². The van der Waals surface area contributed by atoms with Gasteiger partial charge in [0.2, 0.25) is 0 Å². The van der Waals surface area contributed by atoms with Gasteiger partial charge in [0.25, 0.3) is 10.0 Å². The van der Waals surface area contributed by atoms with Crippen molar-refractivity contribution in [1.82, 2.24) is 4.57 Å². The minimum Gasteiger partial charge on any atom is -0.390 e. The molecule has 2 N–H and O–H groups in total. The van der Waals surface area contributed by atoms with Crippen molar-refractivity contribution >= 4 is 50.5 Å². The van der Waals surface area contributed by atoms with Gasteiger partial charge in [0, 0.05) is 24.0 Å². The molecule has 21 heavy (non-hydrogen) atoms. The highest BCUT2D eigenvalue weighted by atomic mass is 35.5. The number of halogens is 3. The van der Waals surface area contributed by atoms with Crippen LogP contribution in [0.2, 0.25) is 15.1 Å². The molecule has 2 aromatic rings. The van der Waals surface area contributed by atoms with Crippen molar-refractivity contribution in [3.05, 3.63) is 45.2 Å². The molecule has 0 atom stereocenters. The average Bonchev–Trinajstić information content (AvgIpc) is 2.76. The molecular weight excluding hydrogens is 359 g/mol. The molecule has 0 saturated carbocycles. The summed E-state index contributed by atoms with van der Waals surface area (Å²) in [6.45, 7) is -0.269. The Balaban J connectivity index is 2.42. The number of sulfonamides is 1. The van der Waals surface area contributed by atoms with E-state index in [2.05, 4.69) is 4.72 Å². The van der Waals surface area contributed by atoms with Crippen molar-refractivity contribution in [3.8, 4) is 0 Å². The van der Waals surface area contributed by atoms with E-state index in [0.29, 0.717) is 10.7 Å². The third-order valence-electron chi connectivity index (χ3n) is 2.80. The zero-order valence-electron chi connectivity index (χ0n) is 10.8. The lowest BCUT2D eigenvalue weighted by Crippen LogP contribution is -2.13. The molecule has 0 amide bonds. The molecule has 114 valence electrons. The molecule has 1 aromatic heterocycles. The van der Waals surface area contributed by atoms with E-state index in [9.17, 15) is 8.42 Å². The first-order valence-corrected chi connectivity index (χ1v) is 8.30. The molecule has 0 spiro atoms. The van der Waals surface area contributed by atoms with E-state index in [1.807, 2.05) is 0 Å². The van der Waals surface area contributed by atoms with Gasteiger partial charge in [-0.15, -0.1) is 0 Å². The van der Waals surface area contributed by atoms with Gasteiger partial charge in [0.1, 0.15) is 4.90 Å². The molecule has 2 rings (SSSR count). The van der Waals surface area contributed by atoms with E-state index in [-0.39, 0.29) is 27.2 Å². The summed E-state index contributed by atoms with van der Waals surface area (Å²) in [6.07, 6.45) is 1.38. The summed E-state index contributed by atoms with van der Waals surface area (Å²) in [4.78, 5) is -0.00358.